The number of rotatable bonds is 1. The van der Waals surface area contributed by atoms with E-state index in [0.717, 1.165) is 22.4 Å². The highest BCUT2D eigenvalue weighted by atomic mass is 16.6. The minimum Gasteiger partial charge on any atom is -0.486 e. The van der Waals surface area contributed by atoms with Crippen molar-refractivity contribution in [3.63, 3.8) is 0 Å². The van der Waals surface area contributed by atoms with Gasteiger partial charge in [-0.25, -0.2) is 0 Å². The average Bonchev–Trinajstić information content (AvgIpc) is 2.38. The number of benzene rings is 1. The standard InChI is InChI=1S/C12H12N2O2/c13-6-8-7-15-11-4-3-10-9(12(11)16-8)2-1-5-14-10/h1-5,8H,6-7,13H2. The second kappa shape index (κ2) is 3.64. The minimum absolute atomic E-state index is 0.0710. The van der Waals surface area contributed by atoms with Gasteiger partial charge in [-0.1, -0.05) is 0 Å². The third-order valence-corrected chi connectivity index (χ3v) is 2.67. The number of hydrogen-bond donors (Lipinski definition) is 1. The fraction of sp³-hybridized carbons (Fsp3) is 0.250. The van der Waals surface area contributed by atoms with Crippen LogP contribution in [0.2, 0.25) is 0 Å². The summed E-state index contributed by atoms with van der Waals surface area (Å²) >= 11 is 0. The normalized spacial score (nSPS) is 18.7. The zero-order chi connectivity index (χ0) is 11.0. The summed E-state index contributed by atoms with van der Waals surface area (Å²) in [6.45, 7) is 0.964. The molecule has 0 spiro atoms. The number of nitrogens with two attached hydrogens (primary N) is 1. The predicted octanol–water partition coefficient (Wildman–Crippen LogP) is 1.33. The lowest BCUT2D eigenvalue weighted by Crippen LogP contribution is -2.35. The van der Waals surface area contributed by atoms with Crippen LogP contribution in [0.5, 0.6) is 11.5 Å². The van der Waals surface area contributed by atoms with Gasteiger partial charge in [-0.15, -0.1) is 0 Å². The molecule has 0 aliphatic carbocycles. The van der Waals surface area contributed by atoms with E-state index in [0.29, 0.717) is 13.2 Å². The van der Waals surface area contributed by atoms with E-state index in [-0.39, 0.29) is 6.10 Å². The first-order valence-electron chi connectivity index (χ1n) is 5.26. The summed E-state index contributed by atoms with van der Waals surface area (Å²) < 4.78 is 11.4. The quantitative estimate of drug-likeness (QED) is 0.781. The molecule has 1 atom stereocenters. The molecule has 1 aromatic heterocycles. The number of pyridine rings is 1. The van der Waals surface area contributed by atoms with Crippen molar-refractivity contribution in [3.8, 4) is 11.5 Å². The summed E-state index contributed by atoms with van der Waals surface area (Å²) in [6.07, 6.45) is 1.69. The lowest BCUT2D eigenvalue weighted by Gasteiger charge is -2.26. The molecule has 2 heterocycles. The molecule has 2 aromatic rings. The molecular formula is C12H12N2O2. The van der Waals surface area contributed by atoms with Gasteiger partial charge in [0, 0.05) is 18.1 Å². The Morgan fingerprint density at radius 1 is 1.38 bits per heavy atom. The Hall–Kier alpha value is -1.81. The van der Waals surface area contributed by atoms with E-state index in [1.807, 2.05) is 24.3 Å². The number of ether oxygens (including phenoxy) is 2. The number of hydrogen-bond acceptors (Lipinski definition) is 4. The summed E-state index contributed by atoms with van der Waals surface area (Å²) in [5.41, 5.74) is 6.49. The van der Waals surface area contributed by atoms with E-state index in [1.165, 1.54) is 0 Å². The Morgan fingerprint density at radius 2 is 2.31 bits per heavy atom. The summed E-state index contributed by atoms with van der Waals surface area (Å²) in [5.74, 6) is 1.53. The second-order valence-electron chi connectivity index (χ2n) is 3.75. The molecular weight excluding hydrogens is 204 g/mol. The fourth-order valence-corrected chi connectivity index (χ4v) is 1.84. The lowest BCUT2D eigenvalue weighted by molar-refractivity contribution is 0.0989. The molecule has 0 fully saturated rings. The highest BCUT2D eigenvalue weighted by molar-refractivity contribution is 5.87. The van der Waals surface area contributed by atoms with Crippen LogP contribution in [0.3, 0.4) is 0 Å². The Bertz CT molecular complexity index is 527. The molecule has 1 unspecified atom stereocenters. The highest BCUT2D eigenvalue weighted by Gasteiger charge is 2.21. The molecule has 0 amide bonds. The Labute approximate surface area is 93.0 Å². The van der Waals surface area contributed by atoms with Crippen molar-refractivity contribution >= 4 is 10.9 Å². The minimum atomic E-state index is -0.0710. The van der Waals surface area contributed by atoms with E-state index >= 15 is 0 Å². The second-order valence-corrected chi connectivity index (χ2v) is 3.75. The first kappa shape index (κ1) is 9.42. The average molecular weight is 216 g/mol. The topological polar surface area (TPSA) is 57.4 Å². The molecule has 3 rings (SSSR count). The molecule has 4 nitrogen and oxygen atoms in total. The highest BCUT2D eigenvalue weighted by Crippen LogP contribution is 2.37. The van der Waals surface area contributed by atoms with Crippen LogP contribution in [0.4, 0.5) is 0 Å². The van der Waals surface area contributed by atoms with Crippen molar-refractivity contribution in [2.75, 3.05) is 13.2 Å². The van der Waals surface area contributed by atoms with Gasteiger partial charge in [-0.05, 0) is 24.3 Å². The van der Waals surface area contributed by atoms with Gasteiger partial charge in [0.25, 0.3) is 0 Å². The van der Waals surface area contributed by atoms with Crippen LogP contribution < -0.4 is 15.2 Å². The maximum Gasteiger partial charge on any atom is 0.171 e. The van der Waals surface area contributed by atoms with E-state index in [2.05, 4.69) is 4.98 Å². The maximum absolute atomic E-state index is 5.80. The van der Waals surface area contributed by atoms with E-state index < -0.39 is 0 Å². The molecule has 16 heavy (non-hydrogen) atoms. The Kier molecular flexibility index (Phi) is 2.15. The van der Waals surface area contributed by atoms with Crippen LogP contribution >= 0.6 is 0 Å². The van der Waals surface area contributed by atoms with Gasteiger partial charge in [0.2, 0.25) is 0 Å². The molecule has 1 aliphatic rings. The van der Waals surface area contributed by atoms with Crippen molar-refractivity contribution in [2.45, 2.75) is 6.10 Å². The lowest BCUT2D eigenvalue weighted by atomic mass is 10.1. The molecule has 0 saturated heterocycles. The van der Waals surface area contributed by atoms with Crippen molar-refractivity contribution < 1.29 is 9.47 Å². The van der Waals surface area contributed by atoms with Crippen LogP contribution in [0.15, 0.2) is 30.5 Å². The first-order chi connectivity index (χ1) is 7.88. The molecule has 1 aromatic carbocycles. The number of aromatic nitrogens is 1. The van der Waals surface area contributed by atoms with Crippen LogP contribution in [-0.2, 0) is 0 Å². The molecule has 0 bridgehead atoms. The van der Waals surface area contributed by atoms with Crippen LogP contribution in [0, 0.1) is 0 Å². The summed E-state index contributed by atoms with van der Waals surface area (Å²) in [6, 6.07) is 7.68. The van der Waals surface area contributed by atoms with Gasteiger partial charge >= 0.3 is 0 Å². The Morgan fingerprint density at radius 3 is 3.19 bits per heavy atom. The molecule has 1 aliphatic heterocycles. The molecule has 0 saturated carbocycles. The van der Waals surface area contributed by atoms with Gasteiger partial charge < -0.3 is 15.2 Å². The number of fused-ring (bicyclic) bond motifs is 3. The van der Waals surface area contributed by atoms with Crippen molar-refractivity contribution in [1.29, 1.82) is 0 Å². The van der Waals surface area contributed by atoms with Crippen LogP contribution in [0.1, 0.15) is 0 Å². The zero-order valence-electron chi connectivity index (χ0n) is 8.72. The van der Waals surface area contributed by atoms with Gasteiger partial charge in [0.05, 0.1) is 5.52 Å². The maximum atomic E-state index is 5.80. The van der Waals surface area contributed by atoms with E-state index in [4.69, 9.17) is 15.2 Å². The summed E-state index contributed by atoms with van der Waals surface area (Å²) in [7, 11) is 0. The first-order valence-corrected chi connectivity index (χ1v) is 5.26. The third kappa shape index (κ3) is 1.39. The third-order valence-electron chi connectivity index (χ3n) is 2.67. The van der Waals surface area contributed by atoms with Gasteiger partial charge in [0.15, 0.2) is 11.5 Å². The molecule has 4 heteroatoms. The smallest absolute Gasteiger partial charge is 0.171 e. The summed E-state index contributed by atoms with van der Waals surface area (Å²) in [4.78, 5) is 4.27. The monoisotopic (exact) mass is 216 g/mol. The van der Waals surface area contributed by atoms with Crippen molar-refractivity contribution in [1.82, 2.24) is 4.98 Å². The van der Waals surface area contributed by atoms with Crippen LogP contribution in [0.25, 0.3) is 10.9 Å². The molecule has 82 valence electrons. The SMILES string of the molecule is NCC1COc2ccc3ncccc3c2O1. The fourth-order valence-electron chi connectivity index (χ4n) is 1.84. The molecule has 0 radical (unpaired) electrons. The van der Waals surface area contributed by atoms with Gasteiger partial charge in [-0.3, -0.25) is 4.98 Å². The van der Waals surface area contributed by atoms with E-state index in [1.54, 1.807) is 6.20 Å². The van der Waals surface area contributed by atoms with E-state index in [9.17, 15) is 0 Å². The molecule has 2 N–H and O–H groups in total. The predicted molar refractivity (Wildman–Crippen MR) is 60.7 cm³/mol. The Balaban J connectivity index is 2.17. The zero-order valence-corrected chi connectivity index (χ0v) is 8.72. The number of nitrogens with zero attached hydrogens (tertiary/aromatic N) is 1. The van der Waals surface area contributed by atoms with Gasteiger partial charge in [-0.2, -0.15) is 0 Å². The van der Waals surface area contributed by atoms with Gasteiger partial charge in [0.1, 0.15) is 12.7 Å². The van der Waals surface area contributed by atoms with Crippen LogP contribution in [-0.4, -0.2) is 24.2 Å². The summed E-state index contributed by atoms with van der Waals surface area (Å²) in [5, 5.41) is 0.971. The van der Waals surface area contributed by atoms with Crippen molar-refractivity contribution in [3.05, 3.63) is 30.5 Å². The largest absolute Gasteiger partial charge is 0.486 e. The van der Waals surface area contributed by atoms with Crippen molar-refractivity contribution in [2.24, 2.45) is 5.73 Å².